The number of nitrogens with two attached hydrogens (primary N) is 1. The van der Waals surface area contributed by atoms with Crippen LogP contribution in [0.5, 0.6) is 5.75 Å². The maximum Gasteiger partial charge on any atom is 0.326 e. The number of carboxylic acid groups (broad SMARTS) is 1. The lowest BCUT2D eigenvalue weighted by Crippen LogP contribution is -2.53. The smallest absolute Gasteiger partial charge is 0.326 e. The number of aliphatic carboxylic acids is 1. The van der Waals surface area contributed by atoms with Crippen molar-refractivity contribution in [1.82, 2.24) is 15.5 Å². The quantitative estimate of drug-likeness (QED) is 0.323. The molecular weight excluding hydrogens is 452 g/mol. The van der Waals surface area contributed by atoms with Crippen LogP contribution in [0.3, 0.4) is 0 Å². The summed E-state index contributed by atoms with van der Waals surface area (Å²) in [7, 11) is 0. The van der Waals surface area contributed by atoms with Crippen molar-refractivity contribution in [1.29, 1.82) is 0 Å². The normalized spacial score (nSPS) is 16.8. The fourth-order valence-electron chi connectivity index (χ4n) is 4.07. The van der Waals surface area contributed by atoms with Crippen molar-refractivity contribution in [3.63, 3.8) is 0 Å². The third-order valence-corrected chi connectivity index (χ3v) is 5.89. The number of amides is 3. The summed E-state index contributed by atoms with van der Waals surface area (Å²) in [5.74, 6) is -2.65. The second-order valence-electron chi connectivity index (χ2n) is 8.53. The van der Waals surface area contributed by atoms with Crippen LogP contribution >= 0.6 is 0 Å². The minimum Gasteiger partial charge on any atom is -0.508 e. The van der Waals surface area contributed by atoms with Crippen LogP contribution in [-0.4, -0.2) is 70.0 Å². The Balaban J connectivity index is 1.51. The van der Waals surface area contributed by atoms with Gasteiger partial charge in [-0.3, -0.25) is 14.4 Å². The van der Waals surface area contributed by atoms with Crippen LogP contribution in [0.1, 0.15) is 24.0 Å². The zero-order valence-corrected chi connectivity index (χ0v) is 19.2. The van der Waals surface area contributed by atoms with Crippen molar-refractivity contribution in [3.05, 3.63) is 65.7 Å². The van der Waals surface area contributed by atoms with Gasteiger partial charge in [-0.05, 0) is 42.5 Å². The minimum absolute atomic E-state index is 0.0134. The number of phenolic OH excluding ortho intramolecular Hbond substituents is 1. The molecule has 1 aliphatic rings. The highest BCUT2D eigenvalue weighted by Gasteiger charge is 2.36. The van der Waals surface area contributed by atoms with Crippen LogP contribution in [0.4, 0.5) is 0 Å². The number of hydrogen-bond acceptors (Lipinski definition) is 6. The fourth-order valence-corrected chi connectivity index (χ4v) is 4.07. The van der Waals surface area contributed by atoms with Crippen LogP contribution in [0.15, 0.2) is 54.6 Å². The van der Waals surface area contributed by atoms with E-state index in [1.165, 1.54) is 17.0 Å². The van der Waals surface area contributed by atoms with Gasteiger partial charge in [-0.15, -0.1) is 0 Å². The molecule has 186 valence electrons. The number of rotatable bonds is 10. The monoisotopic (exact) mass is 482 g/mol. The first-order valence-corrected chi connectivity index (χ1v) is 11.4. The summed E-state index contributed by atoms with van der Waals surface area (Å²) in [4.78, 5) is 50.9. The number of carbonyl (C=O) groups excluding carboxylic acids is 3. The Bertz CT molecular complexity index is 1040. The molecule has 3 amide bonds. The van der Waals surface area contributed by atoms with Gasteiger partial charge in [-0.25, -0.2) is 4.79 Å². The van der Waals surface area contributed by atoms with E-state index < -0.39 is 42.5 Å². The highest BCUT2D eigenvalue weighted by molar-refractivity contribution is 5.93. The van der Waals surface area contributed by atoms with Gasteiger partial charge in [-0.2, -0.15) is 0 Å². The van der Waals surface area contributed by atoms with Gasteiger partial charge in [0.25, 0.3) is 0 Å². The molecule has 3 unspecified atom stereocenters. The topological polar surface area (TPSA) is 162 Å². The first-order valence-electron chi connectivity index (χ1n) is 11.4. The van der Waals surface area contributed by atoms with Crippen molar-refractivity contribution in [2.45, 2.75) is 43.8 Å². The number of likely N-dealkylation sites (tertiary alicyclic amines) is 1. The zero-order valence-electron chi connectivity index (χ0n) is 19.2. The molecule has 10 heteroatoms. The predicted octanol–water partition coefficient (Wildman–Crippen LogP) is 0.181. The second kappa shape index (κ2) is 12.0. The number of hydrogen-bond donors (Lipinski definition) is 5. The lowest BCUT2D eigenvalue weighted by atomic mass is 10.1. The molecule has 0 bridgehead atoms. The molecule has 0 aromatic heterocycles. The number of phenols is 1. The molecule has 0 spiro atoms. The first-order chi connectivity index (χ1) is 16.7. The molecule has 35 heavy (non-hydrogen) atoms. The third kappa shape index (κ3) is 7.28. The van der Waals surface area contributed by atoms with E-state index in [0.717, 1.165) is 5.56 Å². The maximum atomic E-state index is 12.9. The highest BCUT2D eigenvalue weighted by Crippen LogP contribution is 2.19. The van der Waals surface area contributed by atoms with Crippen molar-refractivity contribution in [3.8, 4) is 5.75 Å². The summed E-state index contributed by atoms with van der Waals surface area (Å²) in [6.45, 7) is -0.0217. The molecule has 0 radical (unpaired) electrons. The number of nitrogens with zero attached hydrogens (tertiary/aromatic N) is 1. The van der Waals surface area contributed by atoms with Gasteiger partial charge < -0.3 is 31.5 Å². The van der Waals surface area contributed by atoms with Crippen LogP contribution in [0, 0.1) is 0 Å². The van der Waals surface area contributed by atoms with Gasteiger partial charge in [0.2, 0.25) is 17.7 Å². The summed E-state index contributed by atoms with van der Waals surface area (Å²) in [5.41, 5.74) is 7.65. The summed E-state index contributed by atoms with van der Waals surface area (Å²) >= 11 is 0. The van der Waals surface area contributed by atoms with Crippen molar-refractivity contribution in [2.75, 3.05) is 13.1 Å². The van der Waals surface area contributed by atoms with Gasteiger partial charge in [0.05, 0.1) is 12.6 Å². The lowest BCUT2D eigenvalue weighted by Gasteiger charge is -2.26. The molecule has 0 aliphatic carbocycles. The largest absolute Gasteiger partial charge is 0.508 e. The van der Waals surface area contributed by atoms with E-state index in [1.807, 2.05) is 30.3 Å². The molecule has 2 aromatic carbocycles. The molecule has 2 aromatic rings. The minimum atomic E-state index is -1.22. The van der Waals surface area contributed by atoms with Crippen LogP contribution < -0.4 is 16.4 Å². The van der Waals surface area contributed by atoms with E-state index in [4.69, 9.17) is 5.73 Å². The summed E-state index contributed by atoms with van der Waals surface area (Å²) in [6, 6.07) is 12.6. The lowest BCUT2D eigenvalue weighted by molar-refractivity contribution is -0.142. The molecule has 1 fully saturated rings. The summed E-state index contributed by atoms with van der Waals surface area (Å²) < 4.78 is 0. The Hall–Kier alpha value is -3.92. The Morgan fingerprint density at radius 2 is 1.66 bits per heavy atom. The molecule has 3 atom stereocenters. The first kappa shape index (κ1) is 25.7. The molecule has 3 rings (SSSR count). The number of carbonyl (C=O) groups is 4. The zero-order chi connectivity index (χ0) is 25.4. The van der Waals surface area contributed by atoms with Crippen LogP contribution in [-0.2, 0) is 32.0 Å². The third-order valence-electron chi connectivity index (χ3n) is 5.89. The molecule has 6 N–H and O–H groups in total. The molecule has 10 nitrogen and oxygen atoms in total. The van der Waals surface area contributed by atoms with Crippen molar-refractivity contribution < 1.29 is 29.4 Å². The van der Waals surface area contributed by atoms with Gasteiger partial charge in [0.15, 0.2) is 0 Å². The van der Waals surface area contributed by atoms with Gasteiger partial charge in [-0.1, -0.05) is 42.5 Å². The molecular formula is C25H30N4O6. The van der Waals surface area contributed by atoms with E-state index in [0.29, 0.717) is 31.4 Å². The Kier molecular flexibility index (Phi) is 8.80. The van der Waals surface area contributed by atoms with Crippen molar-refractivity contribution in [2.24, 2.45) is 5.73 Å². The SMILES string of the molecule is NC(Cc1ccccc1)C(=O)N1CCCC1C(=O)NCC(=O)NC(Cc1ccc(O)cc1)C(=O)O. The van der Waals surface area contributed by atoms with Crippen LogP contribution in [0.2, 0.25) is 0 Å². The second-order valence-corrected chi connectivity index (χ2v) is 8.53. The number of carboxylic acids is 1. The number of aromatic hydroxyl groups is 1. The average molecular weight is 483 g/mol. The highest BCUT2D eigenvalue weighted by atomic mass is 16.4. The maximum absolute atomic E-state index is 12.9. The van der Waals surface area contributed by atoms with Crippen LogP contribution in [0.25, 0.3) is 0 Å². The fraction of sp³-hybridized carbons (Fsp3) is 0.360. The van der Waals surface area contributed by atoms with Gasteiger partial charge in [0, 0.05) is 13.0 Å². The molecule has 1 heterocycles. The number of nitrogens with one attached hydrogen (secondary N) is 2. The Labute approximate surface area is 203 Å². The molecule has 1 aliphatic heterocycles. The van der Waals surface area contributed by atoms with E-state index >= 15 is 0 Å². The van der Waals surface area contributed by atoms with E-state index in [2.05, 4.69) is 10.6 Å². The van der Waals surface area contributed by atoms with E-state index in [-0.39, 0.29) is 18.1 Å². The number of benzene rings is 2. The summed E-state index contributed by atoms with van der Waals surface area (Å²) in [5, 5.41) is 23.7. The Morgan fingerprint density at radius 3 is 2.31 bits per heavy atom. The van der Waals surface area contributed by atoms with E-state index in [1.54, 1.807) is 12.1 Å². The van der Waals surface area contributed by atoms with Crippen molar-refractivity contribution >= 4 is 23.7 Å². The van der Waals surface area contributed by atoms with E-state index in [9.17, 15) is 29.4 Å². The molecule has 1 saturated heterocycles. The standard InChI is InChI=1S/C25H30N4O6/c26-19(13-16-5-2-1-3-6-16)24(33)29-12-4-7-21(29)23(32)27-15-22(31)28-20(25(34)35)14-17-8-10-18(30)11-9-17/h1-3,5-6,8-11,19-21,30H,4,7,12-15,26H2,(H,27,32)(H,28,31)(H,34,35). The summed E-state index contributed by atoms with van der Waals surface area (Å²) in [6.07, 6.45) is 1.46. The molecule has 0 saturated carbocycles. The average Bonchev–Trinajstić information content (AvgIpc) is 3.33. The Morgan fingerprint density at radius 1 is 1.00 bits per heavy atom. The van der Waals surface area contributed by atoms with Gasteiger partial charge >= 0.3 is 5.97 Å². The predicted molar refractivity (Wildman–Crippen MR) is 127 cm³/mol. The van der Waals surface area contributed by atoms with Gasteiger partial charge in [0.1, 0.15) is 17.8 Å².